The van der Waals surface area contributed by atoms with Gasteiger partial charge in [-0.2, -0.15) is 35.0 Å². The van der Waals surface area contributed by atoms with Crippen molar-refractivity contribution in [1.29, 1.82) is 0 Å². The van der Waals surface area contributed by atoms with Crippen LogP contribution in [0.5, 0.6) is 0 Å². The summed E-state index contributed by atoms with van der Waals surface area (Å²) in [6, 6.07) is 26.3. The number of aromatic nitrogens is 15. The van der Waals surface area contributed by atoms with E-state index in [9.17, 15) is 18.8 Å². The van der Waals surface area contributed by atoms with Gasteiger partial charge in [0.2, 0.25) is 5.95 Å². The Morgan fingerprint density at radius 2 is 0.856 bits per heavy atom. The number of anilines is 3. The number of hydrogen-bond acceptors (Lipinski definition) is 19. The first-order valence-corrected chi connectivity index (χ1v) is 31.3. The molecule has 7 N–H and O–H groups in total. The summed E-state index contributed by atoms with van der Waals surface area (Å²) in [6.45, 7) is 7.80. The number of furan rings is 3. The highest BCUT2D eigenvalue weighted by molar-refractivity contribution is 6.06. The SMILES string of the molecule is CCOC1CC(n2cc(NC(=O)c3ccc(-c4cn[nH]c4)o3)c(-c3cccc(F)n3)n2)C1.CCOC1CC(n2cc(NC(=O)c3ccc(-c4cn[nH]c4)o3)c(-c3ccccn3)n2)C1.CCOC1CC(n2cc(NC(=O)c3ccc(-c4cn[nH]c4)o3)c(-c3ccccn3)n2)C1.O=CO. The summed E-state index contributed by atoms with van der Waals surface area (Å²) in [7, 11) is 0. The van der Waals surface area contributed by atoms with Crippen LogP contribution < -0.4 is 16.0 Å². The minimum atomic E-state index is -0.620. The first kappa shape index (κ1) is 65.3. The second kappa shape index (κ2) is 30.5. The molecule has 12 aromatic rings. The van der Waals surface area contributed by atoms with Gasteiger partial charge in [-0.1, -0.05) is 18.2 Å². The summed E-state index contributed by atoms with van der Waals surface area (Å²) >= 11 is 0. The van der Waals surface area contributed by atoms with E-state index in [1.165, 1.54) is 6.07 Å². The summed E-state index contributed by atoms with van der Waals surface area (Å²) in [4.78, 5) is 59.7. The molecule has 0 aliphatic heterocycles. The Bertz CT molecular complexity index is 4320. The number of hydrogen-bond donors (Lipinski definition) is 7. The van der Waals surface area contributed by atoms with Gasteiger partial charge in [-0.15, -0.1) is 0 Å². The van der Waals surface area contributed by atoms with Gasteiger partial charge in [-0.25, -0.2) is 4.98 Å². The van der Waals surface area contributed by atoms with Gasteiger partial charge in [0.1, 0.15) is 34.4 Å². The molecule has 0 saturated heterocycles. The van der Waals surface area contributed by atoms with Crippen LogP contribution in [-0.4, -0.2) is 142 Å². The normalized spacial score (nSPS) is 17.5. The van der Waals surface area contributed by atoms with Gasteiger partial charge in [0.25, 0.3) is 24.2 Å². The van der Waals surface area contributed by atoms with E-state index >= 15 is 0 Å². The molecule has 3 saturated carbocycles. The Balaban J connectivity index is 0.000000136. The minimum absolute atomic E-state index is 0.132. The van der Waals surface area contributed by atoms with Crippen LogP contribution in [0.3, 0.4) is 0 Å². The summed E-state index contributed by atoms with van der Waals surface area (Å²) in [5.41, 5.74) is 7.22. The number of halogens is 1. The van der Waals surface area contributed by atoms with Gasteiger partial charge >= 0.3 is 0 Å². The smallest absolute Gasteiger partial charge is 0.291 e. The predicted octanol–water partition coefficient (Wildman–Crippen LogP) is 11.6. The molecule has 0 bridgehead atoms. The number of amides is 3. The van der Waals surface area contributed by atoms with Crippen LogP contribution in [-0.2, 0) is 19.0 Å². The zero-order valence-corrected chi connectivity index (χ0v) is 52.7. The Morgan fingerprint density at radius 1 is 0.515 bits per heavy atom. The van der Waals surface area contributed by atoms with Crippen LogP contribution in [0.4, 0.5) is 21.5 Å². The van der Waals surface area contributed by atoms with E-state index in [2.05, 4.69) is 66.6 Å². The van der Waals surface area contributed by atoms with Crippen molar-refractivity contribution in [3.63, 3.8) is 0 Å². The van der Waals surface area contributed by atoms with Gasteiger partial charge < -0.3 is 48.5 Å². The van der Waals surface area contributed by atoms with Crippen LogP contribution in [0.1, 0.15) is 109 Å². The molecule has 29 nitrogen and oxygen atoms in total. The zero-order chi connectivity index (χ0) is 67.2. The van der Waals surface area contributed by atoms with E-state index in [4.69, 9.17) is 47.6 Å². The average molecular weight is 1320 g/mol. The van der Waals surface area contributed by atoms with Crippen LogP contribution in [0.15, 0.2) is 172 Å². The number of pyridine rings is 3. The Morgan fingerprint density at radius 3 is 1.15 bits per heavy atom. The Hall–Kier alpha value is -11.8. The fourth-order valence-corrected chi connectivity index (χ4v) is 11.1. The molecule has 0 radical (unpaired) electrons. The predicted molar refractivity (Wildman–Crippen MR) is 349 cm³/mol. The van der Waals surface area contributed by atoms with E-state index in [1.807, 2.05) is 78.9 Å². The van der Waals surface area contributed by atoms with Crippen molar-refractivity contribution < 1.29 is 56.1 Å². The van der Waals surface area contributed by atoms with Gasteiger partial charge in [0.05, 0.1) is 106 Å². The highest BCUT2D eigenvalue weighted by Crippen LogP contribution is 2.40. The third-order valence-electron chi connectivity index (χ3n) is 16.1. The van der Waals surface area contributed by atoms with Crippen molar-refractivity contribution in [3.05, 3.63) is 182 Å². The van der Waals surface area contributed by atoms with E-state index in [1.54, 1.807) is 109 Å². The molecule has 0 atom stereocenters. The van der Waals surface area contributed by atoms with Crippen LogP contribution in [0, 0.1) is 5.95 Å². The lowest BCUT2D eigenvalue weighted by atomic mass is 9.89. The van der Waals surface area contributed by atoms with Crippen molar-refractivity contribution in [2.75, 3.05) is 35.8 Å². The van der Waals surface area contributed by atoms with Crippen LogP contribution in [0.2, 0.25) is 0 Å². The standard InChI is InChI=1S/C22H21FN6O3.2C22H22N6O3.CH2O2/c1-2-31-15-8-14(9-15)29-12-17(21(28-29)16-4-3-5-20(23)26-16)27-22(30)19-7-6-18(32-19)13-10-24-25-11-13;2*1-2-30-16-9-15(10-16)28-13-18(21(27-28)17-5-3-4-8-23-17)26-22(29)20-7-6-19(31-20)14-11-24-25-12-14;2-1-3/h3-7,10-12,14-15H,2,8-9H2,1H3,(H,24,25)(H,27,30);2*3-8,11-13,15-16H,2,9-10H2,1H3,(H,24,25)(H,26,29);1H,(H,2,3). The molecular formula is C67H67FN18O11. The number of nitrogens with zero attached hydrogens (tertiary/aromatic N) is 12. The van der Waals surface area contributed by atoms with Gasteiger partial charge in [0.15, 0.2) is 17.3 Å². The highest BCUT2D eigenvalue weighted by Gasteiger charge is 2.36. The maximum absolute atomic E-state index is 13.8. The van der Waals surface area contributed by atoms with Crippen molar-refractivity contribution in [2.45, 2.75) is 95.7 Å². The molecule has 15 rings (SSSR count). The highest BCUT2D eigenvalue weighted by atomic mass is 19.1. The summed E-state index contributed by atoms with van der Waals surface area (Å²) < 4.78 is 53.4. The molecule has 498 valence electrons. The number of carbonyl (C=O) groups is 4. The Kier molecular flexibility index (Phi) is 20.6. The number of H-pyrrole nitrogens is 3. The number of ether oxygens (including phenoxy) is 3. The molecule has 0 unspecified atom stereocenters. The van der Waals surface area contributed by atoms with E-state index in [-0.39, 0.29) is 72.0 Å². The Labute approximate surface area is 552 Å². The maximum Gasteiger partial charge on any atom is 0.291 e. The van der Waals surface area contributed by atoms with Gasteiger partial charge in [0, 0.05) is 69.4 Å². The van der Waals surface area contributed by atoms with Crippen LogP contribution >= 0.6 is 0 Å². The van der Waals surface area contributed by atoms with Crippen molar-refractivity contribution in [2.24, 2.45) is 0 Å². The molecule has 12 aromatic heterocycles. The van der Waals surface area contributed by atoms with E-state index in [0.717, 1.165) is 55.2 Å². The summed E-state index contributed by atoms with van der Waals surface area (Å²) in [5, 5.41) is 49.5. The molecule has 3 aliphatic carbocycles. The number of carboxylic acid groups (broad SMARTS) is 1. The van der Waals surface area contributed by atoms with Crippen molar-refractivity contribution in [1.82, 2.24) is 74.9 Å². The molecule has 30 heteroatoms. The lowest BCUT2D eigenvalue weighted by Gasteiger charge is -2.34. The molecule has 3 fully saturated rings. The lowest BCUT2D eigenvalue weighted by molar-refractivity contribution is -0.122. The summed E-state index contributed by atoms with van der Waals surface area (Å²) in [6.07, 6.45) is 24.8. The first-order valence-electron chi connectivity index (χ1n) is 31.3. The number of rotatable bonds is 21. The number of carbonyl (C=O) groups excluding carboxylic acids is 3. The fraction of sp³-hybridized carbons (Fsp3) is 0.269. The topological polar surface area (TPSA) is 370 Å². The van der Waals surface area contributed by atoms with E-state index < -0.39 is 11.9 Å². The molecule has 3 amide bonds. The van der Waals surface area contributed by atoms with Crippen LogP contribution in [0.25, 0.3) is 68.1 Å². The molecule has 0 spiro atoms. The molecular weight excluding hydrogens is 1250 g/mol. The number of nitrogens with one attached hydrogen (secondary N) is 6. The second-order valence-corrected chi connectivity index (χ2v) is 22.4. The zero-order valence-electron chi connectivity index (χ0n) is 52.7. The molecule has 12 heterocycles. The molecule has 0 aromatic carbocycles. The van der Waals surface area contributed by atoms with Gasteiger partial charge in [-0.05, 0) is 132 Å². The van der Waals surface area contributed by atoms with Crippen molar-refractivity contribution in [3.8, 4) is 68.1 Å². The summed E-state index contributed by atoms with van der Waals surface area (Å²) in [5.74, 6) is 0.414. The minimum Gasteiger partial charge on any atom is -0.483 e. The number of aromatic amines is 3. The largest absolute Gasteiger partial charge is 0.483 e. The average Bonchev–Trinajstić information content (AvgIpc) is 1.68. The van der Waals surface area contributed by atoms with Crippen molar-refractivity contribution >= 4 is 41.3 Å². The second-order valence-electron chi connectivity index (χ2n) is 22.4. The fourth-order valence-electron chi connectivity index (χ4n) is 11.1. The maximum atomic E-state index is 13.8. The third-order valence-corrected chi connectivity index (χ3v) is 16.1. The monoisotopic (exact) mass is 1320 g/mol. The quantitative estimate of drug-likeness (QED) is 0.0259. The molecule has 3 aliphatic rings. The third kappa shape index (κ3) is 15.6. The first-order chi connectivity index (χ1) is 47.4. The lowest BCUT2D eigenvalue weighted by Crippen LogP contribution is -2.33. The molecule has 97 heavy (non-hydrogen) atoms. The van der Waals surface area contributed by atoms with Gasteiger partial charge in [-0.3, -0.25) is 58.5 Å². The van der Waals surface area contributed by atoms with E-state index in [0.29, 0.717) is 88.3 Å².